The van der Waals surface area contributed by atoms with E-state index in [0.717, 1.165) is 0 Å². The lowest BCUT2D eigenvalue weighted by Crippen LogP contribution is -2.14. The molecule has 258 valence electrons. The van der Waals surface area contributed by atoms with Gasteiger partial charge in [-0.2, -0.15) is 0 Å². The van der Waals surface area contributed by atoms with Gasteiger partial charge >= 0.3 is 0 Å². The van der Waals surface area contributed by atoms with Crippen LogP contribution in [0.2, 0.25) is 0 Å². The molecular formula is C55H38. The minimum absolute atomic E-state index is 0.0386. The van der Waals surface area contributed by atoms with Gasteiger partial charge in [0.2, 0.25) is 0 Å². The van der Waals surface area contributed by atoms with Crippen molar-refractivity contribution in [3.63, 3.8) is 0 Å². The molecule has 0 unspecified atom stereocenters. The Hall–Kier alpha value is -6.76. The Bertz CT molecular complexity index is 3100. The SMILES string of the molecule is CC1(C)c2ccc(-c3ccc(-c4c5ccccc5c(-c5cccc(-c6ccc7ccccc7c6)c5)c5ccccc45)cc3)cc2-c2c1ccc1ccccc21. The molecule has 0 spiro atoms. The summed E-state index contributed by atoms with van der Waals surface area (Å²) >= 11 is 0. The van der Waals surface area contributed by atoms with E-state index < -0.39 is 0 Å². The van der Waals surface area contributed by atoms with Gasteiger partial charge in [-0.15, -0.1) is 0 Å². The second kappa shape index (κ2) is 12.1. The van der Waals surface area contributed by atoms with Crippen molar-refractivity contribution in [2.75, 3.05) is 0 Å². The van der Waals surface area contributed by atoms with E-state index in [9.17, 15) is 0 Å². The molecule has 0 fully saturated rings. The van der Waals surface area contributed by atoms with Crippen molar-refractivity contribution < 1.29 is 0 Å². The topological polar surface area (TPSA) is 0 Å². The smallest absolute Gasteiger partial charge is 0.0159 e. The molecule has 0 heterocycles. The number of hydrogen-bond donors (Lipinski definition) is 0. The van der Waals surface area contributed by atoms with Gasteiger partial charge in [0.05, 0.1) is 0 Å². The summed E-state index contributed by atoms with van der Waals surface area (Å²) in [6.45, 7) is 4.73. The molecule has 0 radical (unpaired) electrons. The molecule has 0 amide bonds. The van der Waals surface area contributed by atoms with E-state index in [1.54, 1.807) is 0 Å². The van der Waals surface area contributed by atoms with Gasteiger partial charge in [0.1, 0.15) is 0 Å². The second-order valence-corrected chi connectivity index (χ2v) is 15.7. The fourth-order valence-corrected chi connectivity index (χ4v) is 9.51. The van der Waals surface area contributed by atoms with Crippen LogP contribution in [0.15, 0.2) is 194 Å². The molecule has 0 bridgehead atoms. The van der Waals surface area contributed by atoms with Gasteiger partial charge in [-0.05, 0) is 128 Å². The van der Waals surface area contributed by atoms with Crippen LogP contribution >= 0.6 is 0 Å². The first-order chi connectivity index (χ1) is 27.0. The van der Waals surface area contributed by atoms with Crippen LogP contribution in [0.3, 0.4) is 0 Å². The highest BCUT2D eigenvalue weighted by molar-refractivity contribution is 6.21. The van der Waals surface area contributed by atoms with Crippen molar-refractivity contribution in [1.29, 1.82) is 0 Å². The lowest BCUT2D eigenvalue weighted by molar-refractivity contribution is 0.661. The lowest BCUT2D eigenvalue weighted by atomic mass is 9.82. The van der Waals surface area contributed by atoms with E-state index in [4.69, 9.17) is 0 Å². The monoisotopic (exact) mass is 698 g/mol. The first-order valence-corrected chi connectivity index (χ1v) is 19.3. The summed E-state index contributed by atoms with van der Waals surface area (Å²) in [5.74, 6) is 0. The maximum atomic E-state index is 2.43. The maximum Gasteiger partial charge on any atom is 0.0159 e. The summed E-state index contributed by atoms with van der Waals surface area (Å²) in [6, 6.07) is 72.2. The molecule has 0 saturated carbocycles. The average molecular weight is 699 g/mol. The normalized spacial score (nSPS) is 13.1. The van der Waals surface area contributed by atoms with Gasteiger partial charge in [-0.25, -0.2) is 0 Å². The highest BCUT2D eigenvalue weighted by atomic mass is 14.4. The molecule has 10 aromatic carbocycles. The number of fused-ring (bicyclic) bond motifs is 8. The van der Waals surface area contributed by atoms with Gasteiger partial charge in [-0.1, -0.05) is 190 Å². The first-order valence-electron chi connectivity index (χ1n) is 19.3. The zero-order valence-corrected chi connectivity index (χ0v) is 31.0. The third-order valence-corrected chi connectivity index (χ3v) is 12.2. The van der Waals surface area contributed by atoms with Crippen LogP contribution in [0.4, 0.5) is 0 Å². The predicted molar refractivity (Wildman–Crippen MR) is 236 cm³/mol. The molecule has 0 N–H and O–H groups in total. The van der Waals surface area contributed by atoms with Crippen molar-refractivity contribution in [2.24, 2.45) is 0 Å². The summed E-state index contributed by atoms with van der Waals surface area (Å²) in [5, 5.41) is 10.2. The van der Waals surface area contributed by atoms with Crippen LogP contribution in [0, 0.1) is 0 Å². The molecule has 0 aromatic heterocycles. The van der Waals surface area contributed by atoms with E-state index in [0.29, 0.717) is 0 Å². The van der Waals surface area contributed by atoms with Gasteiger partial charge in [-0.3, -0.25) is 0 Å². The summed E-state index contributed by atoms with van der Waals surface area (Å²) < 4.78 is 0. The zero-order valence-electron chi connectivity index (χ0n) is 31.0. The minimum Gasteiger partial charge on any atom is -0.0616 e. The predicted octanol–water partition coefficient (Wildman–Crippen LogP) is 15.3. The highest BCUT2D eigenvalue weighted by Gasteiger charge is 2.36. The van der Waals surface area contributed by atoms with Crippen LogP contribution in [0.5, 0.6) is 0 Å². The Labute approximate surface area is 322 Å². The Balaban J connectivity index is 1.03. The van der Waals surface area contributed by atoms with Crippen LogP contribution in [0.1, 0.15) is 25.0 Å². The molecule has 0 atom stereocenters. The molecule has 11 rings (SSSR count). The Morgan fingerprint density at radius 2 is 0.745 bits per heavy atom. The van der Waals surface area contributed by atoms with E-state index in [-0.39, 0.29) is 5.41 Å². The summed E-state index contributed by atoms with van der Waals surface area (Å²) in [4.78, 5) is 0. The molecule has 0 nitrogen and oxygen atoms in total. The van der Waals surface area contributed by atoms with Crippen LogP contribution in [-0.2, 0) is 5.41 Å². The first kappa shape index (κ1) is 31.7. The standard InChI is InChI=1S/C55H38/c1-55(2)50-30-29-42(34-49(50)54-44-17-6-5-13-37(44)28-31-51(54)55)36-22-25-38(26-23-36)52-45-18-7-9-20-47(45)53(48-21-10-8-19-46(48)52)43-16-11-15-40(33-43)41-27-24-35-12-3-4-14-39(35)32-41/h3-34H,1-2H3. The van der Waals surface area contributed by atoms with Crippen molar-refractivity contribution in [1.82, 2.24) is 0 Å². The number of benzene rings is 10. The van der Waals surface area contributed by atoms with Crippen LogP contribution < -0.4 is 0 Å². The fraction of sp³-hybridized carbons (Fsp3) is 0.0545. The van der Waals surface area contributed by atoms with E-state index in [1.807, 2.05) is 0 Å². The minimum atomic E-state index is -0.0386. The van der Waals surface area contributed by atoms with Gasteiger partial charge < -0.3 is 0 Å². The van der Waals surface area contributed by atoms with E-state index in [1.165, 1.54) is 110 Å². The van der Waals surface area contributed by atoms with Crippen molar-refractivity contribution >= 4 is 43.1 Å². The van der Waals surface area contributed by atoms with E-state index >= 15 is 0 Å². The van der Waals surface area contributed by atoms with Gasteiger partial charge in [0.25, 0.3) is 0 Å². The zero-order chi connectivity index (χ0) is 36.7. The summed E-state index contributed by atoms with van der Waals surface area (Å²) in [7, 11) is 0. The molecule has 0 saturated heterocycles. The van der Waals surface area contributed by atoms with Crippen molar-refractivity contribution in [3.8, 4) is 55.6 Å². The summed E-state index contributed by atoms with van der Waals surface area (Å²) in [5.41, 5.74) is 15.5. The van der Waals surface area contributed by atoms with Crippen molar-refractivity contribution in [2.45, 2.75) is 19.3 Å². The summed E-state index contributed by atoms with van der Waals surface area (Å²) in [6.07, 6.45) is 0. The largest absolute Gasteiger partial charge is 0.0616 e. The molecule has 1 aliphatic rings. The number of rotatable bonds is 4. The fourth-order valence-electron chi connectivity index (χ4n) is 9.51. The average Bonchev–Trinajstić information content (AvgIpc) is 3.48. The van der Waals surface area contributed by atoms with Crippen molar-refractivity contribution in [3.05, 3.63) is 205 Å². The number of hydrogen-bond acceptors (Lipinski definition) is 0. The Kier molecular flexibility index (Phi) is 7.00. The Morgan fingerprint density at radius 1 is 0.273 bits per heavy atom. The van der Waals surface area contributed by atoms with Gasteiger partial charge in [0.15, 0.2) is 0 Å². The second-order valence-electron chi connectivity index (χ2n) is 15.7. The third kappa shape index (κ3) is 4.92. The quantitative estimate of drug-likeness (QED) is 0.161. The molecular weight excluding hydrogens is 661 g/mol. The lowest BCUT2D eigenvalue weighted by Gasteiger charge is -2.21. The highest BCUT2D eigenvalue weighted by Crippen LogP contribution is 2.52. The maximum absolute atomic E-state index is 2.43. The van der Waals surface area contributed by atoms with Crippen LogP contribution in [0.25, 0.3) is 98.7 Å². The van der Waals surface area contributed by atoms with E-state index in [2.05, 4.69) is 208 Å². The molecule has 0 heteroatoms. The van der Waals surface area contributed by atoms with Gasteiger partial charge in [0, 0.05) is 5.41 Å². The molecule has 0 aliphatic heterocycles. The third-order valence-electron chi connectivity index (χ3n) is 12.2. The van der Waals surface area contributed by atoms with Crippen LogP contribution in [-0.4, -0.2) is 0 Å². The molecule has 55 heavy (non-hydrogen) atoms. The Morgan fingerprint density at radius 3 is 1.45 bits per heavy atom. The molecule has 10 aromatic rings. The molecule has 1 aliphatic carbocycles.